The summed E-state index contributed by atoms with van der Waals surface area (Å²) in [5.74, 6) is -2.49. The highest BCUT2D eigenvalue weighted by atomic mass is 16.7. The van der Waals surface area contributed by atoms with Crippen molar-refractivity contribution in [3.8, 4) is 40.2 Å². The average Bonchev–Trinajstić information content (AvgIpc) is 3.01. The first-order chi connectivity index (χ1) is 21.4. The number of aliphatic hydroxyl groups excluding tert-OH is 3. The van der Waals surface area contributed by atoms with Crippen LogP contribution in [0.2, 0.25) is 0 Å². The lowest BCUT2D eigenvalue weighted by Crippen LogP contribution is -2.59. The molecule has 2 heterocycles. The number of carbonyl (C=O) groups is 1. The van der Waals surface area contributed by atoms with Crippen LogP contribution in [0, 0.1) is 0 Å². The molecule has 3 aromatic carbocycles. The van der Waals surface area contributed by atoms with Gasteiger partial charge in [0.2, 0.25) is 12.0 Å². The number of hydrogen-bond acceptors (Lipinski definition) is 13. The Bertz CT molecular complexity index is 1620. The van der Waals surface area contributed by atoms with Gasteiger partial charge in [0, 0.05) is 18.2 Å². The summed E-state index contributed by atoms with van der Waals surface area (Å²) in [7, 11) is 1.27. The molecule has 1 saturated heterocycles. The number of aliphatic hydroxyl groups is 4. The first-order valence-corrected chi connectivity index (χ1v) is 13.5. The van der Waals surface area contributed by atoms with Gasteiger partial charge in [-0.25, -0.2) is 4.79 Å². The number of phenolic OH excluding ortho intramolecular Hbond substituents is 5. The Labute approximate surface area is 255 Å². The van der Waals surface area contributed by atoms with Gasteiger partial charge in [-0.05, 0) is 35.9 Å². The van der Waals surface area contributed by atoms with E-state index in [1.54, 1.807) is 12.1 Å². The monoisotopic (exact) mass is 627 g/mol. The van der Waals surface area contributed by atoms with Crippen LogP contribution in [0.25, 0.3) is 12.2 Å². The minimum absolute atomic E-state index is 0.0564. The van der Waals surface area contributed by atoms with E-state index in [1.165, 1.54) is 49.6 Å². The summed E-state index contributed by atoms with van der Waals surface area (Å²) in [6.45, 7) is -0.539. The summed E-state index contributed by atoms with van der Waals surface area (Å²) < 4.78 is 26.5. The van der Waals surface area contributed by atoms with Gasteiger partial charge in [0.15, 0.2) is 17.3 Å². The molecule has 5 rings (SSSR count). The maximum Gasteiger partial charge on any atom is 0.330 e. The molecule has 14 heteroatoms. The Morgan fingerprint density at radius 2 is 1.64 bits per heavy atom. The van der Waals surface area contributed by atoms with E-state index < -0.39 is 60.9 Å². The molecule has 0 saturated carbocycles. The lowest BCUT2D eigenvalue weighted by molar-refractivity contribution is -0.296. The van der Waals surface area contributed by atoms with Crippen LogP contribution in [0.3, 0.4) is 0 Å². The van der Waals surface area contributed by atoms with E-state index in [4.69, 9.17) is 18.9 Å². The SMILES string of the molecule is COc1cc(C2[OH+]c3cc(O)cc(O)c3C=C2OC2OC(COC(=O)C=Cc3ccc(O)cc3)C(O)C(O)C2O)cc(O)c1O. The van der Waals surface area contributed by atoms with Crippen LogP contribution in [0.5, 0.6) is 40.2 Å². The van der Waals surface area contributed by atoms with Gasteiger partial charge >= 0.3 is 5.97 Å². The molecule has 1 fully saturated rings. The third-order valence-electron chi connectivity index (χ3n) is 7.17. The standard InChI is InChI=1S/C31H30O14/c1-41-22-9-15(8-20(35)26(22)37)30-23(12-18-19(34)10-17(33)11-21(18)43-30)44-31-29(40)28(39)27(38)24(45-31)13-42-25(36)7-4-14-2-5-16(32)6-3-14/h2-12,24,27-35,37-40H,13H2,1H3/p+1. The molecule has 14 nitrogen and oxygen atoms in total. The van der Waals surface area contributed by atoms with Crippen molar-refractivity contribution in [3.63, 3.8) is 0 Å². The zero-order valence-corrected chi connectivity index (χ0v) is 23.6. The second-order valence-electron chi connectivity index (χ2n) is 10.3. The number of carbonyl (C=O) groups excluding carboxylic acids is 1. The maximum absolute atomic E-state index is 12.3. The van der Waals surface area contributed by atoms with Gasteiger partial charge in [-0.15, -0.1) is 0 Å². The minimum atomic E-state index is -1.81. The predicted molar refractivity (Wildman–Crippen MR) is 154 cm³/mol. The Kier molecular flexibility index (Phi) is 8.92. The van der Waals surface area contributed by atoms with Crippen molar-refractivity contribution >= 4 is 18.1 Å². The van der Waals surface area contributed by atoms with Gasteiger partial charge in [-0.1, -0.05) is 12.1 Å². The highest BCUT2D eigenvalue weighted by Crippen LogP contribution is 2.47. The molecule has 0 aliphatic carbocycles. The van der Waals surface area contributed by atoms with Crippen molar-refractivity contribution in [3.05, 3.63) is 77.1 Å². The lowest BCUT2D eigenvalue weighted by Gasteiger charge is -2.40. The first kappa shape index (κ1) is 31.3. The van der Waals surface area contributed by atoms with E-state index in [9.17, 15) is 45.6 Å². The number of phenols is 5. The molecule has 0 amide bonds. The fourth-order valence-electron chi connectivity index (χ4n) is 4.80. The Morgan fingerprint density at radius 3 is 2.36 bits per heavy atom. The normalized spacial score (nSPS) is 24.3. The van der Waals surface area contributed by atoms with E-state index in [0.29, 0.717) is 5.56 Å². The molecule has 0 spiro atoms. The van der Waals surface area contributed by atoms with Gasteiger partial charge in [-0.3, -0.25) is 0 Å². The predicted octanol–water partition coefficient (Wildman–Crippen LogP) is 1.64. The largest absolute Gasteiger partial charge is 0.571 e. The number of ether oxygens (including phenoxy) is 5. The Balaban J connectivity index is 1.38. The van der Waals surface area contributed by atoms with Gasteiger partial charge < -0.3 is 64.5 Å². The summed E-state index contributed by atoms with van der Waals surface area (Å²) in [6.07, 6.45) is -5.52. The molecule has 45 heavy (non-hydrogen) atoms. The minimum Gasteiger partial charge on any atom is -0.571 e. The molecule has 6 atom stereocenters. The van der Waals surface area contributed by atoms with E-state index in [1.807, 2.05) is 0 Å². The van der Waals surface area contributed by atoms with Gasteiger partial charge in [0.25, 0.3) is 11.9 Å². The summed E-state index contributed by atoms with van der Waals surface area (Å²) >= 11 is 0. The van der Waals surface area contributed by atoms with Crippen molar-refractivity contribution in [1.82, 2.24) is 0 Å². The molecule has 2 aliphatic rings. The highest BCUT2D eigenvalue weighted by molar-refractivity contribution is 5.87. The number of methoxy groups -OCH3 is 1. The van der Waals surface area contributed by atoms with E-state index in [2.05, 4.69) is 4.74 Å². The van der Waals surface area contributed by atoms with Crippen LogP contribution in [0.15, 0.2) is 60.4 Å². The summed E-state index contributed by atoms with van der Waals surface area (Å²) in [5, 5.41) is 82.1. The van der Waals surface area contributed by atoms with Gasteiger partial charge in [0.05, 0.1) is 18.7 Å². The van der Waals surface area contributed by atoms with Crippen LogP contribution < -0.4 is 4.74 Å². The van der Waals surface area contributed by atoms with Crippen LogP contribution in [0.1, 0.15) is 22.8 Å². The molecule has 0 radical (unpaired) electrons. The van der Waals surface area contributed by atoms with Crippen molar-refractivity contribution in [2.24, 2.45) is 0 Å². The van der Waals surface area contributed by atoms with Crippen LogP contribution in [0.4, 0.5) is 0 Å². The zero-order valence-electron chi connectivity index (χ0n) is 23.6. The molecular formula is C31H31O14+. The number of benzene rings is 3. The quantitative estimate of drug-likeness (QED) is 0.0770. The van der Waals surface area contributed by atoms with Crippen molar-refractivity contribution < 1.29 is 69.3 Å². The summed E-state index contributed by atoms with van der Waals surface area (Å²) in [6, 6.07) is 10.9. The van der Waals surface area contributed by atoms with E-state index in [-0.39, 0.29) is 45.6 Å². The summed E-state index contributed by atoms with van der Waals surface area (Å²) in [5.41, 5.74) is 0.957. The molecule has 2 aliphatic heterocycles. The van der Waals surface area contributed by atoms with E-state index >= 15 is 0 Å². The average molecular weight is 628 g/mol. The van der Waals surface area contributed by atoms with Gasteiger partial charge in [0.1, 0.15) is 53.8 Å². The van der Waals surface area contributed by atoms with Crippen LogP contribution in [-0.2, 0) is 19.0 Å². The lowest BCUT2D eigenvalue weighted by atomic mass is 9.98. The highest BCUT2D eigenvalue weighted by Gasteiger charge is 2.47. The second kappa shape index (κ2) is 12.8. The Morgan fingerprint density at radius 1 is 0.911 bits per heavy atom. The molecule has 0 bridgehead atoms. The number of hydrogen-bond donors (Lipinski definition) is 8. The van der Waals surface area contributed by atoms with Crippen molar-refractivity contribution in [2.45, 2.75) is 36.8 Å². The number of esters is 1. The van der Waals surface area contributed by atoms with Gasteiger partial charge in [-0.2, -0.15) is 0 Å². The van der Waals surface area contributed by atoms with E-state index in [0.717, 1.165) is 12.1 Å². The van der Waals surface area contributed by atoms with Crippen molar-refractivity contribution in [1.29, 1.82) is 0 Å². The summed E-state index contributed by atoms with van der Waals surface area (Å²) in [4.78, 5) is 12.3. The second-order valence-corrected chi connectivity index (χ2v) is 10.3. The van der Waals surface area contributed by atoms with Crippen LogP contribution >= 0.6 is 0 Å². The third-order valence-corrected chi connectivity index (χ3v) is 7.17. The number of rotatable bonds is 8. The maximum atomic E-state index is 12.3. The fourth-order valence-corrected chi connectivity index (χ4v) is 4.80. The Hall–Kier alpha value is -5.15. The topological polar surface area (TPSA) is 229 Å². The smallest absolute Gasteiger partial charge is 0.330 e. The molecule has 9 N–H and O–H groups in total. The molecule has 238 valence electrons. The third kappa shape index (κ3) is 6.68. The molecule has 3 aromatic rings. The zero-order chi connectivity index (χ0) is 32.4. The number of fused-ring (bicyclic) bond motifs is 1. The fraction of sp³-hybridized carbons (Fsp3) is 0.258. The first-order valence-electron chi connectivity index (χ1n) is 13.5. The molecule has 0 aromatic heterocycles. The van der Waals surface area contributed by atoms with Crippen LogP contribution in [-0.4, -0.2) is 96.0 Å². The van der Waals surface area contributed by atoms with Crippen molar-refractivity contribution in [2.75, 3.05) is 13.7 Å². The number of aromatic hydroxyl groups is 6. The molecular weight excluding hydrogens is 596 g/mol. The molecule has 6 unspecified atom stereocenters.